The van der Waals surface area contributed by atoms with Gasteiger partial charge in [-0.15, -0.1) is 0 Å². The highest BCUT2D eigenvalue weighted by molar-refractivity contribution is 5.76. The number of morpholine rings is 1. The molecular weight excluding hydrogens is 172 g/mol. The van der Waals surface area contributed by atoms with Gasteiger partial charge in [-0.05, 0) is 0 Å². The fourth-order valence-corrected chi connectivity index (χ4v) is 1.17. The summed E-state index contributed by atoms with van der Waals surface area (Å²) < 4.78 is 5.10. The molecule has 5 heteroatoms. The number of nitrogens with zero attached hydrogens (tertiary/aromatic N) is 2. The zero-order chi connectivity index (χ0) is 9.52. The Morgan fingerprint density at radius 2 is 2.15 bits per heavy atom. The van der Waals surface area contributed by atoms with Gasteiger partial charge < -0.3 is 9.64 Å². The largest absolute Gasteiger partial charge is 0.378 e. The van der Waals surface area contributed by atoms with Crippen LogP contribution in [0.3, 0.4) is 0 Å². The van der Waals surface area contributed by atoms with E-state index in [1.54, 1.807) is 4.90 Å². The first-order valence-electron chi connectivity index (χ1n) is 4.24. The van der Waals surface area contributed by atoms with Crippen LogP contribution in [0, 0.1) is 0 Å². The molecule has 72 valence electrons. The van der Waals surface area contributed by atoms with Crippen LogP contribution in [0.25, 0.3) is 0 Å². The first kappa shape index (κ1) is 9.89. The maximum atomic E-state index is 11.4. The van der Waals surface area contributed by atoms with Crippen molar-refractivity contribution in [3.05, 3.63) is 0 Å². The monoisotopic (exact) mass is 184 g/mol. The molecule has 1 aliphatic heterocycles. The molecule has 13 heavy (non-hydrogen) atoms. The summed E-state index contributed by atoms with van der Waals surface area (Å²) in [6.45, 7) is 2.72. The molecule has 0 unspecified atom stereocenters. The molecule has 0 bridgehead atoms. The Bertz CT molecular complexity index is 217. The highest BCUT2D eigenvalue weighted by Crippen LogP contribution is 1.99. The molecule has 1 fully saturated rings. The number of isocyanates is 1. The smallest absolute Gasteiger partial charge is 0.234 e. The summed E-state index contributed by atoms with van der Waals surface area (Å²) in [6.07, 6.45) is 1.69. The third kappa shape index (κ3) is 3.36. The molecule has 1 amide bonds. The van der Waals surface area contributed by atoms with E-state index in [-0.39, 0.29) is 18.9 Å². The van der Waals surface area contributed by atoms with Crippen LogP contribution in [-0.4, -0.2) is 49.7 Å². The second-order valence-electron chi connectivity index (χ2n) is 2.72. The van der Waals surface area contributed by atoms with E-state index in [0.29, 0.717) is 26.3 Å². The third-order valence-electron chi connectivity index (χ3n) is 1.87. The predicted octanol–water partition coefficient (Wildman–Crippen LogP) is -0.429. The highest BCUT2D eigenvalue weighted by Gasteiger charge is 2.15. The van der Waals surface area contributed by atoms with Crippen molar-refractivity contribution < 1.29 is 14.3 Å². The number of carbonyl (C=O) groups excluding carboxylic acids is 2. The second kappa shape index (κ2) is 5.45. The number of hydrogen-bond acceptors (Lipinski definition) is 4. The average molecular weight is 184 g/mol. The lowest BCUT2D eigenvalue weighted by Gasteiger charge is -2.26. The van der Waals surface area contributed by atoms with Crippen molar-refractivity contribution in [1.82, 2.24) is 4.90 Å². The van der Waals surface area contributed by atoms with Gasteiger partial charge in [-0.1, -0.05) is 0 Å². The number of hydrogen-bond donors (Lipinski definition) is 0. The van der Waals surface area contributed by atoms with Gasteiger partial charge in [-0.25, -0.2) is 9.79 Å². The lowest BCUT2D eigenvalue weighted by molar-refractivity contribution is -0.135. The van der Waals surface area contributed by atoms with E-state index < -0.39 is 0 Å². The van der Waals surface area contributed by atoms with Gasteiger partial charge in [0.15, 0.2) is 0 Å². The summed E-state index contributed by atoms with van der Waals surface area (Å²) >= 11 is 0. The van der Waals surface area contributed by atoms with Gasteiger partial charge in [-0.3, -0.25) is 4.79 Å². The minimum absolute atomic E-state index is 0.0299. The van der Waals surface area contributed by atoms with E-state index >= 15 is 0 Å². The normalized spacial score (nSPS) is 16.5. The maximum Gasteiger partial charge on any atom is 0.234 e. The molecule has 0 aromatic rings. The van der Waals surface area contributed by atoms with Crippen molar-refractivity contribution in [2.45, 2.75) is 6.42 Å². The van der Waals surface area contributed by atoms with Crippen LogP contribution in [0.2, 0.25) is 0 Å². The molecule has 0 saturated carbocycles. The van der Waals surface area contributed by atoms with Gasteiger partial charge in [0, 0.05) is 19.5 Å². The van der Waals surface area contributed by atoms with Crippen molar-refractivity contribution in [3.63, 3.8) is 0 Å². The summed E-state index contributed by atoms with van der Waals surface area (Å²) in [4.78, 5) is 26.1. The zero-order valence-corrected chi connectivity index (χ0v) is 7.36. The molecule has 1 aliphatic rings. The van der Waals surface area contributed by atoms with Crippen LogP contribution in [0.1, 0.15) is 6.42 Å². The molecule has 5 nitrogen and oxygen atoms in total. The lowest BCUT2D eigenvalue weighted by Crippen LogP contribution is -2.40. The van der Waals surface area contributed by atoms with E-state index in [2.05, 4.69) is 4.99 Å². The van der Waals surface area contributed by atoms with Crippen molar-refractivity contribution in [2.75, 3.05) is 32.8 Å². The van der Waals surface area contributed by atoms with Gasteiger partial charge in [-0.2, -0.15) is 0 Å². The molecular formula is C8H12N2O3. The van der Waals surface area contributed by atoms with Gasteiger partial charge in [0.1, 0.15) is 0 Å². The molecule has 0 N–H and O–H groups in total. The standard InChI is InChI=1S/C8H12N2O3/c11-7-9-2-1-8(12)10-3-5-13-6-4-10/h1-6H2. The molecule has 0 aliphatic carbocycles. The lowest BCUT2D eigenvalue weighted by atomic mass is 10.3. The van der Waals surface area contributed by atoms with Crippen molar-refractivity contribution >= 4 is 12.0 Å². The molecule has 0 spiro atoms. The second-order valence-corrected chi connectivity index (χ2v) is 2.72. The predicted molar refractivity (Wildman–Crippen MR) is 45.0 cm³/mol. The highest BCUT2D eigenvalue weighted by atomic mass is 16.5. The summed E-state index contributed by atoms with van der Waals surface area (Å²) in [7, 11) is 0. The Morgan fingerprint density at radius 1 is 1.46 bits per heavy atom. The molecule has 0 atom stereocenters. The van der Waals surface area contributed by atoms with Crippen LogP contribution >= 0.6 is 0 Å². The zero-order valence-electron chi connectivity index (χ0n) is 7.36. The Kier molecular flexibility index (Phi) is 4.15. The molecule has 0 radical (unpaired) electrons. The Labute approximate surface area is 76.4 Å². The van der Waals surface area contributed by atoms with Crippen LogP contribution < -0.4 is 0 Å². The summed E-state index contributed by atoms with van der Waals surface area (Å²) in [5.41, 5.74) is 0. The number of amides is 1. The van der Waals surface area contributed by atoms with E-state index in [4.69, 9.17) is 4.74 Å². The van der Waals surface area contributed by atoms with Crippen LogP contribution in [0.15, 0.2) is 4.99 Å². The van der Waals surface area contributed by atoms with Gasteiger partial charge in [0.2, 0.25) is 12.0 Å². The molecule has 0 aromatic heterocycles. The molecule has 1 rings (SSSR count). The van der Waals surface area contributed by atoms with Crippen molar-refractivity contribution in [2.24, 2.45) is 4.99 Å². The first-order chi connectivity index (χ1) is 6.34. The fraction of sp³-hybridized carbons (Fsp3) is 0.750. The van der Waals surface area contributed by atoms with E-state index in [9.17, 15) is 9.59 Å². The van der Waals surface area contributed by atoms with Gasteiger partial charge in [0.25, 0.3) is 0 Å². The molecule has 1 heterocycles. The first-order valence-corrected chi connectivity index (χ1v) is 4.24. The third-order valence-corrected chi connectivity index (χ3v) is 1.87. The minimum Gasteiger partial charge on any atom is -0.378 e. The van der Waals surface area contributed by atoms with Gasteiger partial charge in [0.05, 0.1) is 19.8 Å². The number of aliphatic imine (C=N–C) groups is 1. The maximum absolute atomic E-state index is 11.4. The van der Waals surface area contributed by atoms with Crippen molar-refractivity contribution in [3.8, 4) is 0 Å². The van der Waals surface area contributed by atoms with Crippen LogP contribution in [-0.2, 0) is 14.3 Å². The van der Waals surface area contributed by atoms with Crippen LogP contribution in [0.4, 0.5) is 0 Å². The summed E-state index contributed by atoms with van der Waals surface area (Å²) in [5.74, 6) is 0.0299. The molecule has 1 saturated heterocycles. The topological polar surface area (TPSA) is 59.0 Å². The Hall–Kier alpha value is -1.19. The number of ether oxygens (including phenoxy) is 1. The summed E-state index contributed by atoms with van der Waals surface area (Å²) in [5, 5.41) is 0. The van der Waals surface area contributed by atoms with Crippen molar-refractivity contribution in [1.29, 1.82) is 0 Å². The Morgan fingerprint density at radius 3 is 2.77 bits per heavy atom. The van der Waals surface area contributed by atoms with E-state index in [1.807, 2.05) is 0 Å². The Balaban J connectivity index is 2.24. The van der Waals surface area contributed by atoms with E-state index in [1.165, 1.54) is 6.08 Å². The van der Waals surface area contributed by atoms with E-state index in [0.717, 1.165) is 0 Å². The SMILES string of the molecule is O=C=NCCC(=O)N1CCOCC1. The minimum atomic E-state index is 0.0299. The summed E-state index contributed by atoms with van der Waals surface area (Å²) in [6, 6.07) is 0. The van der Waals surface area contributed by atoms with Crippen LogP contribution in [0.5, 0.6) is 0 Å². The van der Waals surface area contributed by atoms with Gasteiger partial charge >= 0.3 is 0 Å². The molecule has 0 aromatic carbocycles. The quantitative estimate of drug-likeness (QED) is 0.441. The number of rotatable bonds is 3. The average Bonchev–Trinajstić information content (AvgIpc) is 2.19. The number of carbonyl (C=O) groups is 1. The fourth-order valence-electron chi connectivity index (χ4n) is 1.17.